The summed E-state index contributed by atoms with van der Waals surface area (Å²) in [4.78, 5) is 94.8. The van der Waals surface area contributed by atoms with Crippen LogP contribution >= 0.6 is 0 Å². The number of carboxylic acid groups (broad SMARTS) is 1. The van der Waals surface area contributed by atoms with E-state index in [1.54, 1.807) is 41.9 Å². The van der Waals surface area contributed by atoms with Gasteiger partial charge in [-0.2, -0.15) is 0 Å². The highest BCUT2D eigenvalue weighted by atomic mass is 16.6. The molecule has 0 bridgehead atoms. The molecule has 4 aromatic heterocycles. The van der Waals surface area contributed by atoms with E-state index >= 15 is 0 Å². The third-order valence-electron chi connectivity index (χ3n) is 7.33. The Balaban J connectivity index is 1.23. The van der Waals surface area contributed by atoms with E-state index in [1.807, 2.05) is 0 Å². The first-order valence-corrected chi connectivity index (χ1v) is 16.4. The molecule has 0 aromatic carbocycles. The fraction of sp³-hybridized carbons (Fsp3) is 0.364. The number of hydrogen-bond acceptors (Lipinski definition) is 10. The number of amides is 6. The largest absolute Gasteiger partial charge is 0.477 e. The molecule has 0 saturated carbocycles. The second-order valence-electron chi connectivity index (χ2n) is 13.1. The maximum absolute atomic E-state index is 13.0. The second kappa shape index (κ2) is 16.6. The number of aryl methyl sites for hydroxylation is 4. The molecule has 21 nitrogen and oxygen atoms in total. The van der Waals surface area contributed by atoms with Crippen molar-refractivity contribution in [1.29, 1.82) is 0 Å². The number of carboxylic acids is 1. The Hall–Kier alpha value is -6.93. The number of nitrogens with one attached hydrogen (secondary N) is 6. The van der Waals surface area contributed by atoms with Gasteiger partial charge in [-0.25, -0.2) is 19.6 Å². The van der Waals surface area contributed by atoms with Crippen molar-refractivity contribution < 1.29 is 43.4 Å². The lowest BCUT2D eigenvalue weighted by Crippen LogP contribution is -2.34. The van der Waals surface area contributed by atoms with Crippen LogP contribution in [0.2, 0.25) is 0 Å². The van der Waals surface area contributed by atoms with E-state index in [0.717, 1.165) is 0 Å². The summed E-state index contributed by atoms with van der Waals surface area (Å²) in [7, 11) is 6.24. The molecule has 4 aromatic rings. The first-order valence-electron chi connectivity index (χ1n) is 16.4. The standard InChI is InChI=1S/C33H42N12O9/c1-33(2,3)54-32(53)35-11-9-25(47)39-23-17-44(6)26(41-23)29(49)36-18-12-20(42(4)14-18)28(48)34-10-8-24(46)38-22-16-45(7)27(40-22)30(50)37-19-13-21(31(51)52)43(5)15-19/h12-17H,8-11H2,1-7H3,(H,34,48)(H,35,53)(H,36,49)(H,37,50)(H,38,46)(H,39,47)(H,51,52). The molecule has 0 radical (unpaired) electrons. The predicted octanol–water partition coefficient (Wildman–Crippen LogP) is 1.65. The summed E-state index contributed by atoms with van der Waals surface area (Å²) in [6.07, 6.45) is 4.99. The minimum atomic E-state index is -1.15. The SMILES string of the molecule is Cn1cc(NC(=O)c2nc(NC(=O)CCNC(=O)c3cc(NC(=O)c4nc(NC(=O)CCNC(=O)OC(C)(C)C)cn4C)cn3C)cn2C)cc1C(=O)O. The fourth-order valence-corrected chi connectivity index (χ4v) is 4.94. The lowest BCUT2D eigenvalue weighted by Gasteiger charge is -2.19. The first kappa shape index (κ1) is 39.8. The van der Waals surface area contributed by atoms with Crippen molar-refractivity contribution >= 4 is 64.6 Å². The van der Waals surface area contributed by atoms with Crippen molar-refractivity contribution in [1.82, 2.24) is 38.9 Å². The number of nitrogens with zero attached hydrogens (tertiary/aromatic N) is 6. The van der Waals surface area contributed by atoms with Gasteiger partial charge >= 0.3 is 12.1 Å². The summed E-state index contributed by atoms with van der Waals surface area (Å²) in [5, 5.41) is 24.7. The smallest absolute Gasteiger partial charge is 0.407 e. The van der Waals surface area contributed by atoms with E-state index in [2.05, 4.69) is 41.9 Å². The number of carbonyl (C=O) groups excluding carboxylic acids is 6. The second-order valence-corrected chi connectivity index (χ2v) is 13.1. The van der Waals surface area contributed by atoms with Crippen LogP contribution in [0.25, 0.3) is 0 Å². The van der Waals surface area contributed by atoms with Gasteiger partial charge in [0.25, 0.3) is 17.7 Å². The first-order chi connectivity index (χ1) is 25.3. The molecule has 54 heavy (non-hydrogen) atoms. The highest BCUT2D eigenvalue weighted by molar-refractivity contribution is 6.04. The van der Waals surface area contributed by atoms with Gasteiger partial charge in [0.2, 0.25) is 23.5 Å². The Morgan fingerprint density at radius 1 is 0.630 bits per heavy atom. The van der Waals surface area contributed by atoms with E-state index in [9.17, 15) is 38.7 Å². The van der Waals surface area contributed by atoms with Crippen LogP contribution in [0.15, 0.2) is 36.9 Å². The Labute approximate surface area is 308 Å². The number of imidazole rings is 2. The van der Waals surface area contributed by atoms with E-state index in [1.165, 1.54) is 62.2 Å². The summed E-state index contributed by atoms with van der Waals surface area (Å²) in [5.41, 5.74) is 0.0408. The number of aromatic nitrogens is 6. The van der Waals surface area contributed by atoms with Gasteiger partial charge in [0.05, 0.1) is 11.4 Å². The highest BCUT2D eigenvalue weighted by Crippen LogP contribution is 2.17. The fourth-order valence-electron chi connectivity index (χ4n) is 4.94. The number of rotatable bonds is 14. The van der Waals surface area contributed by atoms with E-state index in [0.29, 0.717) is 0 Å². The van der Waals surface area contributed by atoms with Crippen molar-refractivity contribution in [3.05, 3.63) is 60.0 Å². The van der Waals surface area contributed by atoms with E-state index in [-0.39, 0.29) is 72.0 Å². The van der Waals surface area contributed by atoms with Crippen molar-refractivity contribution in [3.63, 3.8) is 0 Å². The van der Waals surface area contributed by atoms with Gasteiger partial charge in [-0.05, 0) is 32.9 Å². The van der Waals surface area contributed by atoms with Crippen LogP contribution in [0.3, 0.4) is 0 Å². The molecule has 0 aliphatic carbocycles. The lowest BCUT2D eigenvalue weighted by molar-refractivity contribution is -0.117. The third-order valence-corrected chi connectivity index (χ3v) is 7.33. The average Bonchev–Trinajstić information content (AvgIpc) is 3.81. The van der Waals surface area contributed by atoms with Crippen LogP contribution < -0.4 is 31.9 Å². The highest BCUT2D eigenvalue weighted by Gasteiger charge is 2.21. The molecule has 288 valence electrons. The van der Waals surface area contributed by atoms with Crippen LogP contribution in [0.4, 0.5) is 27.8 Å². The molecule has 0 spiro atoms. The van der Waals surface area contributed by atoms with Crippen LogP contribution in [-0.4, -0.2) is 93.6 Å². The maximum atomic E-state index is 13.0. The number of aromatic carboxylic acids is 1. The van der Waals surface area contributed by atoms with Gasteiger partial charge in [0, 0.05) is 78.9 Å². The number of ether oxygens (including phenoxy) is 1. The number of alkyl carbamates (subject to hydrolysis) is 1. The number of carbonyl (C=O) groups is 7. The third kappa shape index (κ3) is 10.8. The summed E-state index contributed by atoms with van der Waals surface area (Å²) in [6.45, 7) is 5.15. The Morgan fingerprint density at radius 2 is 1.07 bits per heavy atom. The van der Waals surface area contributed by atoms with Gasteiger partial charge < -0.3 is 60.0 Å². The van der Waals surface area contributed by atoms with Gasteiger partial charge in [-0.1, -0.05) is 0 Å². The molecule has 0 atom stereocenters. The average molecular weight is 751 g/mol. The van der Waals surface area contributed by atoms with Crippen LogP contribution in [-0.2, 0) is 42.5 Å². The molecule has 6 amide bonds. The molecule has 0 saturated heterocycles. The minimum Gasteiger partial charge on any atom is -0.477 e. The normalized spacial score (nSPS) is 11.0. The molecule has 4 rings (SSSR count). The molecular formula is C33H42N12O9. The Kier molecular flexibility index (Phi) is 12.3. The van der Waals surface area contributed by atoms with Crippen molar-refractivity contribution in [2.45, 2.75) is 39.2 Å². The van der Waals surface area contributed by atoms with E-state index < -0.39 is 47.2 Å². The van der Waals surface area contributed by atoms with Crippen molar-refractivity contribution in [3.8, 4) is 0 Å². The van der Waals surface area contributed by atoms with Crippen molar-refractivity contribution in [2.24, 2.45) is 28.2 Å². The van der Waals surface area contributed by atoms with Crippen LogP contribution in [0, 0.1) is 0 Å². The Bertz CT molecular complexity index is 2100. The number of anilines is 4. The maximum Gasteiger partial charge on any atom is 0.407 e. The molecule has 0 aliphatic heterocycles. The molecule has 0 unspecified atom stereocenters. The monoisotopic (exact) mass is 750 g/mol. The number of hydrogen-bond donors (Lipinski definition) is 7. The summed E-state index contributed by atoms with van der Waals surface area (Å²) in [5.74, 6) is -3.68. The van der Waals surface area contributed by atoms with Gasteiger partial charge in [0.15, 0.2) is 11.6 Å². The molecule has 0 aliphatic rings. The van der Waals surface area contributed by atoms with Crippen LogP contribution in [0.5, 0.6) is 0 Å². The minimum absolute atomic E-state index is 0.0191. The zero-order valence-electron chi connectivity index (χ0n) is 30.7. The topological polar surface area (TPSA) is 267 Å². The van der Waals surface area contributed by atoms with Crippen LogP contribution in [0.1, 0.15) is 75.8 Å². The lowest BCUT2D eigenvalue weighted by atomic mass is 10.2. The molecule has 7 N–H and O–H groups in total. The van der Waals surface area contributed by atoms with Crippen molar-refractivity contribution in [2.75, 3.05) is 34.4 Å². The molecule has 21 heteroatoms. The predicted molar refractivity (Wildman–Crippen MR) is 193 cm³/mol. The molecular weight excluding hydrogens is 708 g/mol. The van der Waals surface area contributed by atoms with Gasteiger partial charge in [-0.3, -0.25) is 24.0 Å². The summed E-state index contributed by atoms with van der Waals surface area (Å²) < 4.78 is 10.8. The zero-order valence-corrected chi connectivity index (χ0v) is 30.7. The molecule has 0 fully saturated rings. The van der Waals surface area contributed by atoms with Gasteiger partial charge in [0.1, 0.15) is 17.0 Å². The van der Waals surface area contributed by atoms with Gasteiger partial charge in [-0.15, -0.1) is 0 Å². The quantitative estimate of drug-likeness (QED) is 0.0974. The van der Waals surface area contributed by atoms with E-state index in [4.69, 9.17) is 4.74 Å². The summed E-state index contributed by atoms with van der Waals surface area (Å²) >= 11 is 0. The molecule has 4 heterocycles. The Morgan fingerprint density at radius 3 is 1.52 bits per heavy atom. The summed E-state index contributed by atoms with van der Waals surface area (Å²) in [6, 6.07) is 2.74. The zero-order chi connectivity index (χ0) is 39.9.